The summed E-state index contributed by atoms with van der Waals surface area (Å²) in [6.07, 6.45) is 3.32. The van der Waals surface area contributed by atoms with Gasteiger partial charge in [-0.3, -0.25) is 14.7 Å². The Labute approximate surface area is 98.4 Å². The van der Waals surface area contributed by atoms with E-state index in [1.165, 1.54) is 0 Å². The average Bonchev–Trinajstić information content (AvgIpc) is 2.96. The molecule has 0 radical (unpaired) electrons. The van der Waals surface area contributed by atoms with Crippen molar-refractivity contribution in [2.24, 2.45) is 11.8 Å². The maximum atomic E-state index is 11.8. The Morgan fingerprint density at radius 3 is 2.82 bits per heavy atom. The molecule has 1 saturated carbocycles. The molecule has 1 aliphatic rings. The van der Waals surface area contributed by atoms with Crippen LogP contribution in [0.5, 0.6) is 0 Å². The normalized spacial score (nSPS) is 23.5. The van der Waals surface area contributed by atoms with Crippen LogP contribution in [0.2, 0.25) is 0 Å². The van der Waals surface area contributed by atoms with Gasteiger partial charge in [0.2, 0.25) is 5.91 Å². The number of hydrogen-bond acceptors (Lipinski definition) is 3. The Hall–Kier alpha value is -1.85. The topological polar surface area (TPSA) is 95.1 Å². The molecular formula is C11H15N3O3. The Kier molecular flexibility index (Phi) is 3.41. The second-order valence-electron chi connectivity index (χ2n) is 4.34. The van der Waals surface area contributed by atoms with Crippen molar-refractivity contribution in [1.29, 1.82) is 0 Å². The molecule has 6 heteroatoms. The minimum atomic E-state index is -0.797. The van der Waals surface area contributed by atoms with E-state index in [9.17, 15) is 9.59 Å². The van der Waals surface area contributed by atoms with E-state index in [-0.39, 0.29) is 17.7 Å². The Morgan fingerprint density at radius 1 is 1.47 bits per heavy atom. The van der Waals surface area contributed by atoms with Crippen LogP contribution in [0, 0.1) is 11.8 Å². The zero-order chi connectivity index (χ0) is 12.3. The van der Waals surface area contributed by atoms with Crippen molar-refractivity contribution >= 4 is 11.9 Å². The van der Waals surface area contributed by atoms with E-state index in [2.05, 4.69) is 15.5 Å². The van der Waals surface area contributed by atoms with Gasteiger partial charge in [-0.2, -0.15) is 5.10 Å². The van der Waals surface area contributed by atoms with Gasteiger partial charge in [-0.15, -0.1) is 0 Å². The number of carboxylic acids is 1. The van der Waals surface area contributed by atoms with Gasteiger partial charge in [-0.1, -0.05) is 0 Å². The molecule has 3 N–H and O–H groups in total. The highest BCUT2D eigenvalue weighted by Crippen LogP contribution is 2.31. The number of rotatable bonds is 4. The van der Waals surface area contributed by atoms with E-state index in [1.54, 1.807) is 12.3 Å². The van der Waals surface area contributed by atoms with Gasteiger partial charge in [0, 0.05) is 12.1 Å². The molecule has 0 aromatic carbocycles. The van der Waals surface area contributed by atoms with Gasteiger partial charge in [0.15, 0.2) is 0 Å². The third kappa shape index (κ3) is 2.83. The lowest BCUT2D eigenvalue weighted by Gasteiger charge is -2.09. The summed E-state index contributed by atoms with van der Waals surface area (Å²) in [6.45, 7) is 0.410. The van der Waals surface area contributed by atoms with Crippen LogP contribution < -0.4 is 5.32 Å². The van der Waals surface area contributed by atoms with Crippen LogP contribution in [0.25, 0.3) is 0 Å². The molecule has 2 atom stereocenters. The highest BCUT2D eigenvalue weighted by atomic mass is 16.4. The average molecular weight is 237 g/mol. The summed E-state index contributed by atoms with van der Waals surface area (Å²) in [5, 5.41) is 18.2. The molecule has 92 valence electrons. The number of hydrogen-bond donors (Lipinski definition) is 3. The highest BCUT2D eigenvalue weighted by molar-refractivity contribution is 5.80. The summed E-state index contributed by atoms with van der Waals surface area (Å²) >= 11 is 0. The Balaban J connectivity index is 1.79. The SMILES string of the molecule is O=C(O)C1CCC(C(=O)NCc2ccn[nH]2)C1. The van der Waals surface area contributed by atoms with Crippen LogP contribution in [0.3, 0.4) is 0 Å². The number of H-pyrrole nitrogens is 1. The number of nitrogens with zero attached hydrogens (tertiary/aromatic N) is 1. The zero-order valence-corrected chi connectivity index (χ0v) is 9.35. The van der Waals surface area contributed by atoms with E-state index < -0.39 is 5.97 Å². The van der Waals surface area contributed by atoms with Crippen molar-refractivity contribution in [3.05, 3.63) is 18.0 Å². The first-order valence-electron chi connectivity index (χ1n) is 5.65. The van der Waals surface area contributed by atoms with Gasteiger partial charge < -0.3 is 10.4 Å². The fraction of sp³-hybridized carbons (Fsp3) is 0.545. The number of carboxylic acid groups (broad SMARTS) is 1. The molecule has 1 aliphatic carbocycles. The lowest BCUT2D eigenvalue weighted by atomic mass is 10.0. The van der Waals surface area contributed by atoms with Crippen molar-refractivity contribution in [3.63, 3.8) is 0 Å². The molecule has 1 fully saturated rings. The molecule has 1 heterocycles. The molecule has 0 bridgehead atoms. The predicted octanol–water partition coefficient (Wildman–Crippen LogP) is 0.527. The summed E-state index contributed by atoms with van der Waals surface area (Å²) in [7, 11) is 0. The molecule has 0 saturated heterocycles. The molecule has 1 amide bonds. The first-order chi connectivity index (χ1) is 8.16. The fourth-order valence-corrected chi connectivity index (χ4v) is 2.15. The van der Waals surface area contributed by atoms with Gasteiger partial charge in [0.05, 0.1) is 18.2 Å². The molecule has 0 aliphatic heterocycles. The Morgan fingerprint density at radius 2 is 2.24 bits per heavy atom. The van der Waals surface area contributed by atoms with E-state index in [0.717, 1.165) is 5.69 Å². The molecule has 1 aromatic rings. The van der Waals surface area contributed by atoms with E-state index in [4.69, 9.17) is 5.11 Å². The van der Waals surface area contributed by atoms with Crippen molar-refractivity contribution < 1.29 is 14.7 Å². The third-order valence-corrected chi connectivity index (χ3v) is 3.16. The Bertz CT molecular complexity index is 402. The molecule has 1 aromatic heterocycles. The van der Waals surface area contributed by atoms with Crippen LogP contribution in [0.4, 0.5) is 0 Å². The van der Waals surface area contributed by atoms with Crippen molar-refractivity contribution in [1.82, 2.24) is 15.5 Å². The minimum Gasteiger partial charge on any atom is -0.481 e. The molecule has 2 unspecified atom stereocenters. The third-order valence-electron chi connectivity index (χ3n) is 3.16. The number of amides is 1. The van der Waals surface area contributed by atoms with Crippen LogP contribution >= 0.6 is 0 Å². The highest BCUT2D eigenvalue weighted by Gasteiger charge is 2.33. The predicted molar refractivity (Wildman–Crippen MR) is 58.9 cm³/mol. The van der Waals surface area contributed by atoms with Crippen LogP contribution in [-0.4, -0.2) is 27.2 Å². The summed E-state index contributed by atoms with van der Waals surface area (Å²) in [4.78, 5) is 22.5. The largest absolute Gasteiger partial charge is 0.481 e. The number of aromatic nitrogens is 2. The standard InChI is InChI=1S/C11H15N3O3/c15-10(12-6-9-3-4-13-14-9)7-1-2-8(5-7)11(16)17/h3-4,7-8H,1-2,5-6H2,(H,12,15)(H,13,14)(H,16,17). The summed E-state index contributed by atoms with van der Waals surface area (Å²) in [5.41, 5.74) is 0.839. The number of aromatic amines is 1. The molecule has 0 spiro atoms. The van der Waals surface area contributed by atoms with E-state index >= 15 is 0 Å². The first kappa shape index (κ1) is 11.6. The quantitative estimate of drug-likeness (QED) is 0.711. The number of nitrogens with one attached hydrogen (secondary N) is 2. The lowest BCUT2D eigenvalue weighted by Crippen LogP contribution is -2.29. The van der Waals surface area contributed by atoms with Crippen LogP contribution in [0.1, 0.15) is 25.0 Å². The molecule has 17 heavy (non-hydrogen) atoms. The van der Waals surface area contributed by atoms with Gasteiger partial charge in [-0.05, 0) is 25.3 Å². The lowest BCUT2D eigenvalue weighted by molar-refractivity contribution is -0.141. The second-order valence-corrected chi connectivity index (χ2v) is 4.34. The maximum Gasteiger partial charge on any atom is 0.306 e. The fourth-order valence-electron chi connectivity index (χ4n) is 2.15. The molecular weight excluding hydrogens is 222 g/mol. The van der Waals surface area contributed by atoms with Gasteiger partial charge in [-0.25, -0.2) is 0 Å². The van der Waals surface area contributed by atoms with Crippen LogP contribution in [0.15, 0.2) is 12.3 Å². The summed E-state index contributed by atoms with van der Waals surface area (Å²) < 4.78 is 0. The minimum absolute atomic E-state index is 0.0663. The molecule has 2 rings (SSSR count). The van der Waals surface area contributed by atoms with Crippen LogP contribution in [-0.2, 0) is 16.1 Å². The van der Waals surface area contributed by atoms with Crippen molar-refractivity contribution in [2.75, 3.05) is 0 Å². The van der Waals surface area contributed by atoms with Gasteiger partial charge >= 0.3 is 5.97 Å². The van der Waals surface area contributed by atoms with E-state index in [0.29, 0.717) is 25.8 Å². The zero-order valence-electron chi connectivity index (χ0n) is 9.35. The maximum absolute atomic E-state index is 11.8. The first-order valence-corrected chi connectivity index (χ1v) is 5.65. The molecule has 6 nitrogen and oxygen atoms in total. The van der Waals surface area contributed by atoms with E-state index in [1.807, 2.05) is 0 Å². The number of carbonyl (C=O) groups excluding carboxylic acids is 1. The monoisotopic (exact) mass is 237 g/mol. The number of aliphatic carboxylic acids is 1. The smallest absolute Gasteiger partial charge is 0.306 e. The summed E-state index contributed by atoms with van der Waals surface area (Å²) in [5.74, 6) is -1.39. The van der Waals surface area contributed by atoms with Crippen molar-refractivity contribution in [3.8, 4) is 0 Å². The van der Waals surface area contributed by atoms with Gasteiger partial charge in [0.1, 0.15) is 0 Å². The summed E-state index contributed by atoms with van der Waals surface area (Å²) in [6, 6.07) is 1.79. The number of carbonyl (C=O) groups is 2. The van der Waals surface area contributed by atoms with Gasteiger partial charge in [0.25, 0.3) is 0 Å². The van der Waals surface area contributed by atoms with Crippen molar-refractivity contribution in [2.45, 2.75) is 25.8 Å². The second kappa shape index (κ2) is 4.99.